The zero-order valence-electron chi connectivity index (χ0n) is 15.0. The number of halogens is 1. The smallest absolute Gasteiger partial charge is 0.243 e. The molecule has 1 N–H and O–H groups in total. The Hall–Kier alpha value is -1.98. The Balaban J connectivity index is 1.77. The number of thioether (sulfide) groups is 1. The van der Waals surface area contributed by atoms with Gasteiger partial charge in [-0.05, 0) is 35.7 Å². The summed E-state index contributed by atoms with van der Waals surface area (Å²) in [7, 11) is 1.65. The molecule has 0 spiro atoms. The molecule has 0 aliphatic rings. The first-order valence-corrected chi connectivity index (χ1v) is 9.96. The van der Waals surface area contributed by atoms with E-state index in [2.05, 4.69) is 5.32 Å². The monoisotopic (exact) mass is 390 g/mol. The van der Waals surface area contributed by atoms with Crippen molar-refractivity contribution in [2.24, 2.45) is 0 Å². The number of para-hydroxylation sites is 1. The largest absolute Gasteiger partial charge is 0.336 e. The summed E-state index contributed by atoms with van der Waals surface area (Å²) in [6.07, 6.45) is 0.840. The van der Waals surface area contributed by atoms with Crippen molar-refractivity contribution in [1.82, 2.24) is 4.90 Å². The zero-order valence-corrected chi connectivity index (χ0v) is 16.6. The van der Waals surface area contributed by atoms with Gasteiger partial charge in [-0.15, -0.1) is 11.8 Å². The molecule has 2 amide bonds. The number of aryl methyl sites for hydroxylation is 1. The number of hydrogen-bond acceptors (Lipinski definition) is 3. The van der Waals surface area contributed by atoms with E-state index in [-0.39, 0.29) is 18.4 Å². The maximum atomic E-state index is 12.2. The highest BCUT2D eigenvalue weighted by Gasteiger charge is 2.14. The number of carbonyl (C=O) groups excluding carboxylic acids is 2. The summed E-state index contributed by atoms with van der Waals surface area (Å²) in [5, 5.41) is 3.58. The van der Waals surface area contributed by atoms with Crippen molar-refractivity contribution in [2.75, 3.05) is 24.7 Å². The summed E-state index contributed by atoms with van der Waals surface area (Å²) < 4.78 is 0. The van der Waals surface area contributed by atoms with Gasteiger partial charge < -0.3 is 10.2 Å². The third-order valence-corrected chi connectivity index (χ3v) is 5.13. The zero-order chi connectivity index (χ0) is 18.9. The van der Waals surface area contributed by atoms with Gasteiger partial charge in [0.2, 0.25) is 11.8 Å². The Morgan fingerprint density at radius 3 is 2.50 bits per heavy atom. The summed E-state index contributed by atoms with van der Waals surface area (Å²) in [6.45, 7) is 2.08. The Bertz CT molecular complexity index is 750. The van der Waals surface area contributed by atoms with E-state index in [1.807, 2.05) is 55.5 Å². The van der Waals surface area contributed by atoms with Gasteiger partial charge in [0.25, 0.3) is 0 Å². The Morgan fingerprint density at radius 2 is 1.81 bits per heavy atom. The van der Waals surface area contributed by atoms with Crippen LogP contribution in [0.4, 0.5) is 5.69 Å². The van der Waals surface area contributed by atoms with E-state index in [1.165, 1.54) is 16.7 Å². The van der Waals surface area contributed by atoms with Crippen molar-refractivity contribution in [3.63, 3.8) is 0 Å². The minimum atomic E-state index is -0.190. The third-order valence-electron chi connectivity index (χ3n) is 3.89. The summed E-state index contributed by atoms with van der Waals surface area (Å²) in [6, 6.07) is 15.3. The standard InChI is InChI=1S/C20H23ClN2O2S/c1-3-16-6-4-5-7-18(16)22-19(24)12-23(2)20(25)14-26-13-15-8-10-17(21)11-9-15/h4-11H,3,12-14H2,1-2H3,(H,22,24). The second-order valence-electron chi connectivity index (χ2n) is 5.93. The molecule has 0 aliphatic carbocycles. The highest BCUT2D eigenvalue weighted by Crippen LogP contribution is 2.17. The van der Waals surface area contributed by atoms with Crippen LogP contribution in [0.5, 0.6) is 0 Å². The lowest BCUT2D eigenvalue weighted by atomic mass is 10.1. The van der Waals surface area contributed by atoms with Crippen molar-refractivity contribution in [3.8, 4) is 0 Å². The number of benzene rings is 2. The maximum absolute atomic E-state index is 12.2. The molecule has 0 fully saturated rings. The quantitative estimate of drug-likeness (QED) is 0.733. The van der Waals surface area contributed by atoms with Crippen LogP contribution in [-0.4, -0.2) is 36.1 Å². The van der Waals surface area contributed by atoms with E-state index < -0.39 is 0 Å². The molecule has 0 atom stereocenters. The van der Waals surface area contributed by atoms with E-state index in [9.17, 15) is 9.59 Å². The van der Waals surface area contributed by atoms with Crippen LogP contribution < -0.4 is 5.32 Å². The second-order valence-corrected chi connectivity index (χ2v) is 7.35. The molecule has 2 rings (SSSR count). The number of nitrogens with one attached hydrogen (secondary N) is 1. The third kappa shape index (κ3) is 6.39. The fourth-order valence-corrected chi connectivity index (χ4v) is 3.44. The first-order chi connectivity index (χ1) is 12.5. The number of nitrogens with zero attached hydrogens (tertiary/aromatic N) is 1. The maximum Gasteiger partial charge on any atom is 0.243 e. The van der Waals surface area contributed by atoms with Gasteiger partial charge in [-0.1, -0.05) is 48.9 Å². The fraction of sp³-hybridized carbons (Fsp3) is 0.300. The van der Waals surface area contributed by atoms with Crippen LogP contribution in [0.2, 0.25) is 5.02 Å². The van der Waals surface area contributed by atoms with Crippen LogP contribution in [0.15, 0.2) is 48.5 Å². The Morgan fingerprint density at radius 1 is 1.12 bits per heavy atom. The van der Waals surface area contributed by atoms with Crippen molar-refractivity contribution in [1.29, 1.82) is 0 Å². The Kier molecular flexibility index (Phi) is 8.01. The molecule has 138 valence electrons. The van der Waals surface area contributed by atoms with Crippen molar-refractivity contribution in [3.05, 3.63) is 64.7 Å². The first-order valence-electron chi connectivity index (χ1n) is 8.43. The van der Waals surface area contributed by atoms with Gasteiger partial charge in [-0.25, -0.2) is 0 Å². The van der Waals surface area contributed by atoms with Crippen LogP contribution in [0.1, 0.15) is 18.1 Å². The average Bonchev–Trinajstić information content (AvgIpc) is 2.63. The van der Waals surface area contributed by atoms with E-state index in [0.29, 0.717) is 10.8 Å². The minimum Gasteiger partial charge on any atom is -0.336 e. The summed E-state index contributed by atoms with van der Waals surface area (Å²) in [4.78, 5) is 25.9. The molecule has 0 saturated carbocycles. The predicted molar refractivity (Wildman–Crippen MR) is 110 cm³/mol. The van der Waals surface area contributed by atoms with Gasteiger partial charge in [-0.3, -0.25) is 9.59 Å². The second kappa shape index (κ2) is 10.2. The average molecular weight is 391 g/mol. The van der Waals surface area contributed by atoms with Crippen LogP contribution >= 0.6 is 23.4 Å². The summed E-state index contributed by atoms with van der Waals surface area (Å²) >= 11 is 7.38. The normalized spacial score (nSPS) is 10.4. The summed E-state index contributed by atoms with van der Waals surface area (Å²) in [5.74, 6) is 0.803. The van der Waals surface area contributed by atoms with Gasteiger partial charge in [0.15, 0.2) is 0 Å². The number of likely N-dealkylation sites (N-methyl/N-ethyl adjacent to an activating group) is 1. The van der Waals surface area contributed by atoms with Crippen LogP contribution in [0.3, 0.4) is 0 Å². The molecule has 0 saturated heterocycles. The molecule has 0 unspecified atom stereocenters. The lowest BCUT2D eigenvalue weighted by Gasteiger charge is -2.17. The minimum absolute atomic E-state index is 0.0401. The fourth-order valence-electron chi connectivity index (χ4n) is 2.39. The van der Waals surface area contributed by atoms with E-state index in [0.717, 1.165) is 29.0 Å². The van der Waals surface area contributed by atoms with Crippen LogP contribution in [0.25, 0.3) is 0 Å². The molecule has 0 aromatic heterocycles. The molecule has 0 bridgehead atoms. The van der Waals surface area contributed by atoms with Gasteiger partial charge in [0.1, 0.15) is 0 Å². The van der Waals surface area contributed by atoms with Gasteiger partial charge in [-0.2, -0.15) is 0 Å². The molecular weight excluding hydrogens is 368 g/mol. The molecule has 2 aromatic carbocycles. The predicted octanol–water partition coefficient (Wildman–Crippen LogP) is 4.23. The first kappa shape index (κ1) is 20.3. The van der Waals surface area contributed by atoms with Crippen molar-refractivity contribution in [2.45, 2.75) is 19.1 Å². The number of rotatable bonds is 8. The number of carbonyl (C=O) groups is 2. The van der Waals surface area contributed by atoms with Gasteiger partial charge in [0.05, 0.1) is 12.3 Å². The van der Waals surface area contributed by atoms with E-state index in [4.69, 9.17) is 11.6 Å². The SMILES string of the molecule is CCc1ccccc1NC(=O)CN(C)C(=O)CSCc1ccc(Cl)cc1. The van der Waals surface area contributed by atoms with Crippen LogP contribution in [0, 0.1) is 0 Å². The number of hydrogen-bond donors (Lipinski definition) is 1. The molecule has 6 heteroatoms. The molecule has 0 heterocycles. The van der Waals surface area contributed by atoms with Gasteiger partial charge in [0, 0.05) is 23.5 Å². The molecule has 2 aromatic rings. The van der Waals surface area contributed by atoms with Crippen LogP contribution in [-0.2, 0) is 21.8 Å². The summed E-state index contributed by atoms with van der Waals surface area (Å²) in [5.41, 5.74) is 3.00. The lowest BCUT2D eigenvalue weighted by Crippen LogP contribution is -2.36. The van der Waals surface area contributed by atoms with E-state index in [1.54, 1.807) is 7.05 Å². The van der Waals surface area contributed by atoms with E-state index >= 15 is 0 Å². The number of anilines is 1. The number of amides is 2. The highest BCUT2D eigenvalue weighted by molar-refractivity contribution is 7.99. The lowest BCUT2D eigenvalue weighted by molar-refractivity contribution is -0.131. The highest BCUT2D eigenvalue weighted by atomic mass is 35.5. The van der Waals surface area contributed by atoms with Crippen molar-refractivity contribution >= 4 is 40.9 Å². The Labute approximate surface area is 163 Å². The molecule has 26 heavy (non-hydrogen) atoms. The van der Waals surface area contributed by atoms with Gasteiger partial charge >= 0.3 is 0 Å². The molecule has 4 nitrogen and oxygen atoms in total. The molecule has 0 radical (unpaired) electrons. The van der Waals surface area contributed by atoms with Crippen molar-refractivity contribution < 1.29 is 9.59 Å². The topological polar surface area (TPSA) is 49.4 Å². The molecule has 0 aliphatic heterocycles. The molecular formula is C20H23ClN2O2S.